The Morgan fingerprint density at radius 3 is 2.21 bits per heavy atom. The summed E-state index contributed by atoms with van der Waals surface area (Å²) in [6, 6.07) is -0.711. The van der Waals surface area contributed by atoms with Gasteiger partial charge in [0, 0.05) is 6.54 Å². The van der Waals surface area contributed by atoms with E-state index in [1.165, 1.54) is 4.90 Å². The predicted molar refractivity (Wildman–Crippen MR) is 53.9 cm³/mol. The minimum absolute atomic E-state index is 0.0977. The lowest BCUT2D eigenvalue weighted by Crippen LogP contribution is -2.42. The fraction of sp³-hybridized carbons (Fsp3) is 0.800. The third-order valence-corrected chi connectivity index (χ3v) is 1.99. The predicted octanol–water partition coefficient (Wildman–Crippen LogP) is 1.35. The standard InChI is InChI=1S/C10H19NO3/c1-5-11(7-12)8(9(13)14)6-10(2,3)4/h7-8H,5-6H2,1-4H3,(H,13,14). The Hall–Kier alpha value is -1.06. The van der Waals surface area contributed by atoms with Gasteiger partial charge in [-0.1, -0.05) is 20.8 Å². The van der Waals surface area contributed by atoms with Crippen molar-refractivity contribution in [2.24, 2.45) is 5.41 Å². The largest absolute Gasteiger partial charge is 0.480 e. The van der Waals surface area contributed by atoms with Gasteiger partial charge in [-0.3, -0.25) is 4.79 Å². The topological polar surface area (TPSA) is 57.6 Å². The summed E-state index contributed by atoms with van der Waals surface area (Å²) < 4.78 is 0. The number of carboxylic acids is 1. The van der Waals surface area contributed by atoms with Crippen LogP contribution in [0.1, 0.15) is 34.1 Å². The van der Waals surface area contributed by atoms with Gasteiger partial charge in [-0.2, -0.15) is 0 Å². The molecule has 0 aliphatic rings. The number of rotatable bonds is 5. The van der Waals surface area contributed by atoms with E-state index in [0.29, 0.717) is 19.4 Å². The van der Waals surface area contributed by atoms with Crippen molar-refractivity contribution in [2.45, 2.75) is 40.2 Å². The number of aliphatic carboxylic acids is 1. The number of carbonyl (C=O) groups excluding carboxylic acids is 1. The van der Waals surface area contributed by atoms with Crippen LogP contribution in [0.15, 0.2) is 0 Å². The molecule has 0 fully saturated rings. The molecule has 0 aliphatic heterocycles. The summed E-state index contributed by atoms with van der Waals surface area (Å²) in [5.74, 6) is -0.936. The van der Waals surface area contributed by atoms with Gasteiger partial charge in [-0.15, -0.1) is 0 Å². The number of likely N-dealkylation sites (N-methyl/N-ethyl adjacent to an activating group) is 1. The van der Waals surface area contributed by atoms with Crippen molar-refractivity contribution < 1.29 is 14.7 Å². The number of nitrogens with zero attached hydrogens (tertiary/aromatic N) is 1. The van der Waals surface area contributed by atoms with Crippen LogP contribution >= 0.6 is 0 Å². The van der Waals surface area contributed by atoms with E-state index in [1.54, 1.807) is 6.92 Å². The molecule has 4 heteroatoms. The van der Waals surface area contributed by atoms with Gasteiger partial charge in [0.05, 0.1) is 0 Å². The molecule has 0 radical (unpaired) electrons. The second-order valence-electron chi connectivity index (χ2n) is 4.55. The van der Waals surface area contributed by atoms with Crippen molar-refractivity contribution in [3.8, 4) is 0 Å². The third-order valence-electron chi connectivity index (χ3n) is 1.99. The lowest BCUT2D eigenvalue weighted by atomic mass is 9.87. The van der Waals surface area contributed by atoms with E-state index in [1.807, 2.05) is 20.8 Å². The molecule has 14 heavy (non-hydrogen) atoms. The van der Waals surface area contributed by atoms with Gasteiger partial charge in [0.25, 0.3) is 0 Å². The summed E-state index contributed by atoms with van der Waals surface area (Å²) >= 11 is 0. The van der Waals surface area contributed by atoms with Gasteiger partial charge >= 0.3 is 5.97 Å². The zero-order valence-corrected chi connectivity index (χ0v) is 9.28. The van der Waals surface area contributed by atoms with E-state index in [0.717, 1.165) is 0 Å². The van der Waals surface area contributed by atoms with Gasteiger partial charge in [-0.25, -0.2) is 4.79 Å². The first kappa shape index (κ1) is 12.9. The van der Waals surface area contributed by atoms with E-state index < -0.39 is 12.0 Å². The van der Waals surface area contributed by atoms with Gasteiger partial charge in [0.2, 0.25) is 6.41 Å². The first-order valence-corrected chi connectivity index (χ1v) is 4.75. The molecule has 0 rings (SSSR count). The lowest BCUT2D eigenvalue weighted by molar-refractivity contribution is -0.147. The normalized spacial score (nSPS) is 13.4. The fourth-order valence-corrected chi connectivity index (χ4v) is 1.29. The van der Waals surface area contributed by atoms with Crippen LogP contribution in [-0.4, -0.2) is 35.0 Å². The first-order valence-electron chi connectivity index (χ1n) is 4.75. The zero-order chi connectivity index (χ0) is 11.4. The molecule has 82 valence electrons. The quantitative estimate of drug-likeness (QED) is 0.683. The van der Waals surface area contributed by atoms with E-state index in [2.05, 4.69) is 0 Å². The van der Waals surface area contributed by atoms with Gasteiger partial charge in [-0.05, 0) is 18.8 Å². The van der Waals surface area contributed by atoms with Crippen LogP contribution in [0.3, 0.4) is 0 Å². The minimum Gasteiger partial charge on any atom is -0.480 e. The maximum absolute atomic E-state index is 10.9. The van der Waals surface area contributed by atoms with Gasteiger partial charge < -0.3 is 10.0 Å². The van der Waals surface area contributed by atoms with Crippen LogP contribution in [-0.2, 0) is 9.59 Å². The lowest BCUT2D eigenvalue weighted by Gasteiger charge is -2.29. The Labute approximate surface area is 84.9 Å². The third kappa shape index (κ3) is 4.25. The number of amides is 1. The highest BCUT2D eigenvalue weighted by Crippen LogP contribution is 2.23. The first-order chi connectivity index (χ1) is 6.31. The van der Waals surface area contributed by atoms with E-state index in [-0.39, 0.29) is 5.41 Å². The molecule has 0 aromatic heterocycles. The molecule has 0 bridgehead atoms. The summed E-state index contributed by atoms with van der Waals surface area (Å²) in [7, 11) is 0. The second-order valence-corrected chi connectivity index (χ2v) is 4.55. The van der Waals surface area contributed by atoms with Gasteiger partial charge in [0.15, 0.2) is 0 Å². The molecule has 1 N–H and O–H groups in total. The summed E-state index contributed by atoms with van der Waals surface area (Å²) in [6.07, 6.45) is 1.07. The Kier molecular flexibility index (Phi) is 4.60. The average molecular weight is 201 g/mol. The highest BCUT2D eigenvalue weighted by molar-refractivity contribution is 5.76. The minimum atomic E-state index is -0.936. The SMILES string of the molecule is CCN(C=O)C(CC(C)(C)C)C(=O)O. The van der Waals surface area contributed by atoms with Crippen LogP contribution < -0.4 is 0 Å². The van der Waals surface area contributed by atoms with Crippen LogP contribution in [0.2, 0.25) is 0 Å². The molecule has 0 spiro atoms. The molecule has 0 saturated heterocycles. The summed E-state index contributed by atoms with van der Waals surface area (Å²) in [5, 5.41) is 8.97. The molecule has 0 heterocycles. The van der Waals surface area contributed by atoms with Crippen molar-refractivity contribution in [3.05, 3.63) is 0 Å². The number of hydrogen-bond acceptors (Lipinski definition) is 2. The van der Waals surface area contributed by atoms with Crippen molar-refractivity contribution in [1.82, 2.24) is 4.90 Å². The van der Waals surface area contributed by atoms with Crippen molar-refractivity contribution in [3.63, 3.8) is 0 Å². The Bertz CT molecular complexity index is 208. The molecule has 1 atom stereocenters. The summed E-state index contributed by atoms with van der Waals surface area (Å²) in [4.78, 5) is 22.9. The van der Waals surface area contributed by atoms with Crippen LogP contribution in [0.4, 0.5) is 0 Å². The van der Waals surface area contributed by atoms with Crippen LogP contribution in [0.25, 0.3) is 0 Å². The van der Waals surface area contributed by atoms with Crippen LogP contribution in [0, 0.1) is 5.41 Å². The highest BCUT2D eigenvalue weighted by Gasteiger charge is 2.28. The molecule has 0 aliphatic carbocycles. The molecule has 1 unspecified atom stereocenters. The second kappa shape index (κ2) is 4.98. The van der Waals surface area contributed by atoms with Crippen molar-refractivity contribution >= 4 is 12.4 Å². The fourth-order valence-electron chi connectivity index (χ4n) is 1.29. The molecule has 1 amide bonds. The smallest absolute Gasteiger partial charge is 0.326 e. The monoisotopic (exact) mass is 201 g/mol. The van der Waals surface area contributed by atoms with Gasteiger partial charge in [0.1, 0.15) is 6.04 Å². The highest BCUT2D eigenvalue weighted by atomic mass is 16.4. The van der Waals surface area contributed by atoms with E-state index in [4.69, 9.17) is 5.11 Å². The molecule has 0 aromatic carbocycles. The van der Waals surface area contributed by atoms with Crippen LogP contribution in [0.5, 0.6) is 0 Å². The molecule has 4 nitrogen and oxygen atoms in total. The maximum Gasteiger partial charge on any atom is 0.326 e. The van der Waals surface area contributed by atoms with Crippen molar-refractivity contribution in [1.29, 1.82) is 0 Å². The Morgan fingerprint density at radius 1 is 1.50 bits per heavy atom. The molecular formula is C10H19NO3. The Morgan fingerprint density at radius 2 is 2.00 bits per heavy atom. The molecular weight excluding hydrogens is 182 g/mol. The Balaban J connectivity index is 4.59. The summed E-state index contributed by atoms with van der Waals surface area (Å²) in [6.45, 7) is 8.08. The zero-order valence-electron chi connectivity index (χ0n) is 9.28. The number of carbonyl (C=O) groups is 2. The number of hydrogen-bond donors (Lipinski definition) is 1. The summed E-state index contributed by atoms with van der Waals surface area (Å²) in [5.41, 5.74) is -0.0977. The molecule has 0 saturated carbocycles. The maximum atomic E-state index is 10.9. The molecule has 0 aromatic rings. The van der Waals surface area contributed by atoms with E-state index >= 15 is 0 Å². The number of carboxylic acid groups (broad SMARTS) is 1. The average Bonchev–Trinajstić information content (AvgIpc) is 2.02. The van der Waals surface area contributed by atoms with E-state index in [9.17, 15) is 9.59 Å². The van der Waals surface area contributed by atoms with Crippen molar-refractivity contribution in [2.75, 3.05) is 6.54 Å².